The number of H-pyrrole nitrogens is 1. The van der Waals surface area contributed by atoms with Crippen molar-refractivity contribution in [3.63, 3.8) is 0 Å². The van der Waals surface area contributed by atoms with Gasteiger partial charge in [0.05, 0.1) is 0 Å². The average Bonchev–Trinajstić information content (AvgIpc) is 3.49. The lowest BCUT2D eigenvalue weighted by atomic mass is 10.0. The highest BCUT2D eigenvalue weighted by Gasteiger charge is 2.15. The molecule has 0 radical (unpaired) electrons. The van der Waals surface area contributed by atoms with Crippen molar-refractivity contribution < 1.29 is 14.7 Å². The van der Waals surface area contributed by atoms with Gasteiger partial charge in [-0.15, -0.1) is 0 Å². The van der Waals surface area contributed by atoms with E-state index >= 15 is 0 Å². The zero-order chi connectivity index (χ0) is 23.2. The summed E-state index contributed by atoms with van der Waals surface area (Å²) in [5.41, 5.74) is 4.41. The Morgan fingerprint density at radius 1 is 1.00 bits per heavy atom. The van der Waals surface area contributed by atoms with Crippen molar-refractivity contribution in [3.8, 4) is 0 Å². The smallest absolute Gasteiger partial charge is 0.226 e. The van der Waals surface area contributed by atoms with Crippen molar-refractivity contribution in [2.45, 2.75) is 26.3 Å². The molecule has 0 amide bonds. The zero-order valence-electron chi connectivity index (χ0n) is 18.2. The zero-order valence-corrected chi connectivity index (χ0v) is 18.2. The number of Topliss-reactive ketones (excluding diaryl/α,β-unsaturated/α-hetero) is 1. The van der Waals surface area contributed by atoms with Crippen LogP contribution >= 0.6 is 0 Å². The van der Waals surface area contributed by atoms with Crippen molar-refractivity contribution >= 4 is 17.3 Å². The van der Waals surface area contributed by atoms with Crippen molar-refractivity contribution in [3.05, 3.63) is 113 Å². The summed E-state index contributed by atoms with van der Waals surface area (Å²) in [6, 6.07) is 17.6. The molecule has 2 aromatic heterocycles. The van der Waals surface area contributed by atoms with Crippen LogP contribution < -0.4 is 0 Å². The minimum atomic E-state index is -0.452. The van der Waals surface area contributed by atoms with Crippen molar-refractivity contribution in [2.24, 2.45) is 0 Å². The summed E-state index contributed by atoms with van der Waals surface area (Å²) in [6.07, 6.45) is 7.72. The standard InChI is InChI=1S/C26H24N4O3/c1-18(31)21-10-8-20(9-11-21)14-30-15-22(12-7-19-5-3-2-4-6-19)23(16-30)24(32)13-25(33)26-27-17-28-29-26/h2-6,8-11,13,15-17,32H,7,12,14H2,1H3,(H,27,28,29). The molecule has 0 aliphatic rings. The van der Waals surface area contributed by atoms with Gasteiger partial charge in [0, 0.05) is 36.1 Å². The van der Waals surface area contributed by atoms with Gasteiger partial charge in [0.15, 0.2) is 11.6 Å². The van der Waals surface area contributed by atoms with Crippen LogP contribution in [0.2, 0.25) is 0 Å². The fourth-order valence-electron chi connectivity index (χ4n) is 3.65. The molecule has 166 valence electrons. The molecule has 2 aromatic carbocycles. The normalized spacial score (nSPS) is 11.5. The molecular formula is C26H24N4O3. The topological polar surface area (TPSA) is 101 Å². The number of aliphatic hydroxyl groups is 1. The van der Waals surface area contributed by atoms with Crippen LogP contribution in [-0.2, 0) is 19.4 Å². The molecule has 0 aliphatic carbocycles. The molecule has 2 N–H and O–H groups in total. The fraction of sp³-hybridized carbons (Fsp3) is 0.154. The van der Waals surface area contributed by atoms with Gasteiger partial charge in [0.25, 0.3) is 0 Å². The summed E-state index contributed by atoms with van der Waals surface area (Å²) in [4.78, 5) is 27.7. The maximum absolute atomic E-state index is 12.4. The molecule has 0 bridgehead atoms. The average molecular weight is 441 g/mol. The summed E-state index contributed by atoms with van der Waals surface area (Å²) in [7, 11) is 0. The minimum absolute atomic E-state index is 0.0273. The summed E-state index contributed by atoms with van der Waals surface area (Å²) in [6.45, 7) is 2.11. The molecule has 0 saturated heterocycles. The molecule has 0 saturated carbocycles. The highest BCUT2D eigenvalue weighted by atomic mass is 16.3. The number of rotatable bonds is 9. The number of ketones is 2. The van der Waals surface area contributed by atoms with Crippen molar-refractivity contribution in [1.29, 1.82) is 0 Å². The number of nitrogens with one attached hydrogen (secondary N) is 1. The Morgan fingerprint density at radius 3 is 2.42 bits per heavy atom. The second kappa shape index (κ2) is 9.91. The van der Waals surface area contributed by atoms with Gasteiger partial charge in [-0.25, -0.2) is 4.98 Å². The summed E-state index contributed by atoms with van der Waals surface area (Å²) in [5, 5.41) is 17.0. The number of allylic oxidation sites excluding steroid dienone is 1. The van der Waals surface area contributed by atoms with E-state index in [2.05, 4.69) is 27.3 Å². The maximum atomic E-state index is 12.4. The van der Waals surface area contributed by atoms with Crippen LogP contribution in [0.3, 0.4) is 0 Å². The molecule has 0 aliphatic heterocycles. The number of hydrogen-bond donors (Lipinski definition) is 2. The van der Waals surface area contributed by atoms with Gasteiger partial charge in [0.2, 0.25) is 5.78 Å². The first-order valence-electron chi connectivity index (χ1n) is 10.6. The second-order valence-electron chi connectivity index (χ2n) is 7.84. The number of carbonyl (C=O) groups is 2. The SMILES string of the molecule is CC(=O)c1ccc(Cn2cc(CCc3ccccc3)c(C(O)=CC(=O)c3ncn[nH]3)c2)cc1. The number of aromatic amines is 1. The van der Waals surface area contributed by atoms with Crippen molar-refractivity contribution in [2.75, 3.05) is 0 Å². The Bertz CT molecular complexity index is 1270. The molecule has 0 fully saturated rings. The van der Waals surface area contributed by atoms with E-state index in [1.807, 2.05) is 59.4 Å². The van der Waals surface area contributed by atoms with Crippen LogP contribution in [0.25, 0.3) is 5.76 Å². The van der Waals surface area contributed by atoms with Crippen LogP contribution in [0.5, 0.6) is 0 Å². The van der Waals surface area contributed by atoms with E-state index in [-0.39, 0.29) is 17.4 Å². The monoisotopic (exact) mass is 440 g/mol. The number of aryl methyl sites for hydroxylation is 2. The lowest BCUT2D eigenvalue weighted by molar-refractivity contribution is 0.101. The van der Waals surface area contributed by atoms with Gasteiger partial charge >= 0.3 is 0 Å². The number of hydrogen-bond acceptors (Lipinski definition) is 5. The Labute approximate surface area is 191 Å². The molecular weight excluding hydrogens is 416 g/mol. The van der Waals surface area contributed by atoms with Gasteiger partial charge in [-0.05, 0) is 36.5 Å². The predicted octanol–water partition coefficient (Wildman–Crippen LogP) is 4.42. The lowest BCUT2D eigenvalue weighted by Crippen LogP contribution is -2.00. The lowest BCUT2D eigenvalue weighted by Gasteiger charge is -2.04. The number of aliphatic hydroxyl groups excluding tert-OH is 1. The van der Waals surface area contributed by atoms with Crippen LogP contribution in [0, 0.1) is 0 Å². The second-order valence-corrected chi connectivity index (χ2v) is 7.84. The molecule has 4 rings (SSSR count). The van der Waals surface area contributed by atoms with Gasteiger partial charge in [-0.2, -0.15) is 5.10 Å². The molecule has 4 aromatic rings. The Hall–Kier alpha value is -4.26. The summed E-state index contributed by atoms with van der Waals surface area (Å²) >= 11 is 0. The Kier molecular flexibility index (Phi) is 6.59. The molecule has 2 heterocycles. The van der Waals surface area contributed by atoms with E-state index in [1.165, 1.54) is 11.9 Å². The predicted molar refractivity (Wildman–Crippen MR) is 125 cm³/mol. The number of benzene rings is 2. The van der Waals surface area contributed by atoms with E-state index in [9.17, 15) is 14.7 Å². The first kappa shape index (κ1) is 22.0. The van der Waals surface area contributed by atoms with E-state index in [0.717, 1.165) is 23.6 Å². The van der Waals surface area contributed by atoms with Gasteiger partial charge in [-0.3, -0.25) is 14.7 Å². The highest BCUT2D eigenvalue weighted by molar-refractivity contribution is 6.05. The number of nitrogens with zero attached hydrogens (tertiary/aromatic N) is 3. The molecule has 0 unspecified atom stereocenters. The molecule has 7 heteroatoms. The van der Waals surface area contributed by atoms with Gasteiger partial charge in [0.1, 0.15) is 12.1 Å². The first-order valence-corrected chi connectivity index (χ1v) is 10.6. The molecule has 0 spiro atoms. The largest absolute Gasteiger partial charge is 0.507 e. The Balaban J connectivity index is 1.60. The number of aromatic nitrogens is 4. The van der Waals surface area contributed by atoms with Crippen molar-refractivity contribution in [1.82, 2.24) is 19.7 Å². The van der Waals surface area contributed by atoms with E-state index < -0.39 is 5.78 Å². The van der Waals surface area contributed by atoms with Gasteiger partial charge in [-0.1, -0.05) is 54.6 Å². The molecule has 0 atom stereocenters. The van der Waals surface area contributed by atoms with Crippen LogP contribution in [-0.4, -0.2) is 36.4 Å². The minimum Gasteiger partial charge on any atom is -0.507 e. The summed E-state index contributed by atoms with van der Waals surface area (Å²) < 4.78 is 1.97. The van der Waals surface area contributed by atoms with E-state index in [1.54, 1.807) is 6.92 Å². The first-order chi connectivity index (χ1) is 16.0. The van der Waals surface area contributed by atoms with Crippen LogP contribution in [0.1, 0.15) is 50.2 Å². The number of carbonyl (C=O) groups excluding carboxylic acids is 2. The third-order valence-corrected chi connectivity index (χ3v) is 5.41. The maximum Gasteiger partial charge on any atom is 0.226 e. The van der Waals surface area contributed by atoms with Crippen LogP contribution in [0.4, 0.5) is 0 Å². The highest BCUT2D eigenvalue weighted by Crippen LogP contribution is 2.22. The van der Waals surface area contributed by atoms with Crippen LogP contribution in [0.15, 0.2) is 79.4 Å². The third kappa shape index (κ3) is 5.51. The van der Waals surface area contributed by atoms with E-state index in [0.29, 0.717) is 24.1 Å². The third-order valence-electron chi connectivity index (χ3n) is 5.41. The Morgan fingerprint density at radius 2 is 1.76 bits per heavy atom. The molecule has 7 nitrogen and oxygen atoms in total. The van der Waals surface area contributed by atoms with E-state index in [4.69, 9.17) is 0 Å². The quantitative estimate of drug-likeness (QED) is 0.228. The fourth-order valence-corrected chi connectivity index (χ4v) is 3.65. The van der Waals surface area contributed by atoms with Gasteiger partial charge < -0.3 is 9.67 Å². The summed E-state index contributed by atoms with van der Waals surface area (Å²) in [5.74, 6) is -0.478. The molecule has 33 heavy (non-hydrogen) atoms.